The van der Waals surface area contributed by atoms with E-state index in [1.165, 1.54) is 7.11 Å². The van der Waals surface area contributed by atoms with E-state index >= 15 is 0 Å². The molecule has 1 aliphatic rings. The zero-order valence-electron chi connectivity index (χ0n) is 10.9. The zero-order chi connectivity index (χ0) is 12.8. The Balaban J connectivity index is 2.61. The number of carbonyl (C=O) groups excluding carboxylic acids is 2. The molecule has 1 heterocycles. The third-order valence-electron chi connectivity index (χ3n) is 3.12. The van der Waals surface area contributed by atoms with E-state index in [0.717, 1.165) is 25.8 Å². The fourth-order valence-electron chi connectivity index (χ4n) is 2.09. The smallest absolute Gasteiger partial charge is 0.328 e. The standard InChI is InChI=1S/C12H22N2O3/c1-4-7-13-10-6-5-8-14(11(10)15)9(2)12(16)17-3/h9-10,13H,4-8H2,1-3H3. The minimum atomic E-state index is -0.487. The fraction of sp³-hybridized carbons (Fsp3) is 0.833. The third-order valence-corrected chi connectivity index (χ3v) is 3.12. The number of piperidine rings is 1. The quantitative estimate of drug-likeness (QED) is 0.715. The zero-order valence-corrected chi connectivity index (χ0v) is 10.9. The molecular formula is C12H22N2O3. The lowest BCUT2D eigenvalue weighted by molar-refractivity contribution is -0.154. The van der Waals surface area contributed by atoms with Crippen LogP contribution in [-0.4, -0.2) is 49.1 Å². The van der Waals surface area contributed by atoms with Crippen LogP contribution in [0.4, 0.5) is 0 Å². The summed E-state index contributed by atoms with van der Waals surface area (Å²) in [6.45, 7) is 5.25. The molecule has 1 rings (SSSR count). The van der Waals surface area contributed by atoms with Crippen molar-refractivity contribution < 1.29 is 14.3 Å². The van der Waals surface area contributed by atoms with E-state index in [2.05, 4.69) is 17.0 Å². The maximum absolute atomic E-state index is 12.1. The number of carbonyl (C=O) groups is 2. The number of nitrogens with one attached hydrogen (secondary N) is 1. The van der Waals surface area contributed by atoms with E-state index in [4.69, 9.17) is 0 Å². The summed E-state index contributed by atoms with van der Waals surface area (Å²) in [5, 5.41) is 3.22. The molecule has 0 aromatic rings. The Kier molecular flexibility index (Phi) is 5.41. The average molecular weight is 242 g/mol. The van der Waals surface area contributed by atoms with E-state index < -0.39 is 6.04 Å². The molecular weight excluding hydrogens is 220 g/mol. The van der Waals surface area contributed by atoms with E-state index in [1.807, 2.05) is 0 Å². The monoisotopic (exact) mass is 242 g/mol. The highest BCUT2D eigenvalue weighted by Crippen LogP contribution is 2.15. The number of rotatable bonds is 5. The van der Waals surface area contributed by atoms with Gasteiger partial charge in [0.15, 0.2) is 0 Å². The van der Waals surface area contributed by atoms with E-state index in [-0.39, 0.29) is 17.9 Å². The molecule has 0 saturated carbocycles. The summed E-state index contributed by atoms with van der Waals surface area (Å²) < 4.78 is 4.68. The van der Waals surface area contributed by atoms with Crippen LogP contribution in [0.1, 0.15) is 33.1 Å². The van der Waals surface area contributed by atoms with Crippen LogP contribution in [0.25, 0.3) is 0 Å². The molecule has 1 fully saturated rings. The molecule has 17 heavy (non-hydrogen) atoms. The number of methoxy groups -OCH3 is 1. The average Bonchev–Trinajstić information content (AvgIpc) is 2.35. The van der Waals surface area contributed by atoms with Gasteiger partial charge in [0.1, 0.15) is 6.04 Å². The van der Waals surface area contributed by atoms with Gasteiger partial charge in [-0.15, -0.1) is 0 Å². The molecule has 0 aromatic heterocycles. The van der Waals surface area contributed by atoms with Gasteiger partial charge in [-0.05, 0) is 32.7 Å². The van der Waals surface area contributed by atoms with Gasteiger partial charge in [0.05, 0.1) is 13.2 Å². The highest BCUT2D eigenvalue weighted by molar-refractivity contribution is 5.87. The van der Waals surface area contributed by atoms with Gasteiger partial charge in [-0.3, -0.25) is 4.79 Å². The Hall–Kier alpha value is -1.10. The summed E-state index contributed by atoms with van der Waals surface area (Å²) in [5.74, 6) is -0.336. The van der Waals surface area contributed by atoms with Gasteiger partial charge < -0.3 is 15.0 Å². The van der Waals surface area contributed by atoms with Crippen LogP contribution in [0.15, 0.2) is 0 Å². The first-order valence-electron chi connectivity index (χ1n) is 6.23. The maximum atomic E-state index is 12.1. The van der Waals surface area contributed by atoms with Gasteiger partial charge in [-0.25, -0.2) is 4.79 Å². The number of nitrogens with zero attached hydrogens (tertiary/aromatic N) is 1. The van der Waals surface area contributed by atoms with Gasteiger partial charge in [0.2, 0.25) is 5.91 Å². The summed E-state index contributed by atoms with van der Waals surface area (Å²) in [6, 6.07) is -0.630. The molecule has 0 spiro atoms. The Morgan fingerprint density at radius 1 is 1.65 bits per heavy atom. The SMILES string of the molecule is CCCNC1CCCN(C(C)C(=O)OC)C1=O. The number of amides is 1. The Bertz CT molecular complexity index is 281. The van der Waals surface area contributed by atoms with Crippen molar-refractivity contribution in [1.29, 1.82) is 0 Å². The summed E-state index contributed by atoms with van der Waals surface area (Å²) in [4.78, 5) is 25.2. The summed E-state index contributed by atoms with van der Waals surface area (Å²) >= 11 is 0. The van der Waals surface area contributed by atoms with Crippen LogP contribution in [0, 0.1) is 0 Å². The number of esters is 1. The third kappa shape index (κ3) is 3.43. The molecule has 2 atom stereocenters. The summed E-state index contributed by atoms with van der Waals surface area (Å²) in [5.41, 5.74) is 0. The lowest BCUT2D eigenvalue weighted by Crippen LogP contribution is -2.55. The summed E-state index contributed by atoms with van der Waals surface area (Å²) in [7, 11) is 1.35. The van der Waals surface area contributed by atoms with Crippen LogP contribution in [0.5, 0.6) is 0 Å². The normalized spacial score (nSPS) is 22.4. The van der Waals surface area contributed by atoms with Crippen molar-refractivity contribution in [3.8, 4) is 0 Å². The lowest BCUT2D eigenvalue weighted by atomic mass is 10.0. The highest BCUT2D eigenvalue weighted by atomic mass is 16.5. The van der Waals surface area contributed by atoms with Gasteiger partial charge in [0, 0.05) is 6.54 Å². The molecule has 0 bridgehead atoms. The van der Waals surface area contributed by atoms with E-state index in [9.17, 15) is 9.59 Å². The molecule has 1 saturated heterocycles. The minimum Gasteiger partial charge on any atom is -0.467 e. The van der Waals surface area contributed by atoms with Crippen molar-refractivity contribution in [2.24, 2.45) is 0 Å². The van der Waals surface area contributed by atoms with E-state index in [1.54, 1.807) is 11.8 Å². The van der Waals surface area contributed by atoms with Crippen molar-refractivity contribution in [2.75, 3.05) is 20.2 Å². The molecule has 98 valence electrons. The van der Waals surface area contributed by atoms with Crippen LogP contribution in [-0.2, 0) is 14.3 Å². The van der Waals surface area contributed by atoms with Crippen molar-refractivity contribution >= 4 is 11.9 Å². The molecule has 5 heteroatoms. The second-order valence-corrected chi connectivity index (χ2v) is 4.38. The number of ether oxygens (including phenoxy) is 1. The second-order valence-electron chi connectivity index (χ2n) is 4.38. The van der Waals surface area contributed by atoms with Gasteiger partial charge in [-0.1, -0.05) is 6.92 Å². The van der Waals surface area contributed by atoms with Crippen LogP contribution < -0.4 is 5.32 Å². The van der Waals surface area contributed by atoms with Gasteiger partial charge >= 0.3 is 5.97 Å². The largest absolute Gasteiger partial charge is 0.467 e. The highest BCUT2D eigenvalue weighted by Gasteiger charge is 2.34. The van der Waals surface area contributed by atoms with Gasteiger partial charge in [0.25, 0.3) is 0 Å². The van der Waals surface area contributed by atoms with E-state index in [0.29, 0.717) is 6.54 Å². The minimum absolute atomic E-state index is 0.0163. The number of hydrogen-bond acceptors (Lipinski definition) is 4. The van der Waals surface area contributed by atoms with Crippen molar-refractivity contribution in [3.05, 3.63) is 0 Å². The molecule has 1 amide bonds. The molecule has 5 nitrogen and oxygen atoms in total. The Labute approximate surface area is 102 Å². The van der Waals surface area contributed by atoms with Crippen molar-refractivity contribution in [3.63, 3.8) is 0 Å². The Morgan fingerprint density at radius 3 is 2.94 bits per heavy atom. The molecule has 0 aliphatic carbocycles. The first-order valence-corrected chi connectivity index (χ1v) is 6.23. The van der Waals surface area contributed by atoms with Crippen molar-refractivity contribution in [2.45, 2.75) is 45.2 Å². The first kappa shape index (κ1) is 14.0. The Morgan fingerprint density at radius 2 is 2.35 bits per heavy atom. The molecule has 1 aliphatic heterocycles. The van der Waals surface area contributed by atoms with Crippen LogP contribution >= 0.6 is 0 Å². The molecule has 0 radical (unpaired) electrons. The number of hydrogen-bond donors (Lipinski definition) is 1. The maximum Gasteiger partial charge on any atom is 0.328 e. The number of likely N-dealkylation sites (tertiary alicyclic amines) is 1. The predicted octanol–water partition coefficient (Wildman–Crippen LogP) is 0.539. The molecule has 1 N–H and O–H groups in total. The molecule has 0 aromatic carbocycles. The second kappa shape index (κ2) is 6.59. The van der Waals surface area contributed by atoms with Crippen LogP contribution in [0.3, 0.4) is 0 Å². The first-order chi connectivity index (χ1) is 8.11. The summed E-state index contributed by atoms with van der Waals surface area (Å²) in [6.07, 6.45) is 2.77. The lowest BCUT2D eigenvalue weighted by Gasteiger charge is -2.35. The van der Waals surface area contributed by atoms with Crippen molar-refractivity contribution in [1.82, 2.24) is 10.2 Å². The van der Waals surface area contributed by atoms with Gasteiger partial charge in [-0.2, -0.15) is 0 Å². The topological polar surface area (TPSA) is 58.6 Å². The fourth-order valence-corrected chi connectivity index (χ4v) is 2.09. The predicted molar refractivity (Wildman–Crippen MR) is 64.5 cm³/mol. The van der Waals surface area contributed by atoms with Crippen LogP contribution in [0.2, 0.25) is 0 Å². The molecule has 2 unspecified atom stereocenters.